The van der Waals surface area contributed by atoms with Crippen molar-refractivity contribution in [1.29, 1.82) is 0 Å². The van der Waals surface area contributed by atoms with Crippen LogP contribution in [-0.4, -0.2) is 88.6 Å². The van der Waals surface area contributed by atoms with E-state index in [1.54, 1.807) is 28.9 Å². The van der Waals surface area contributed by atoms with Crippen molar-refractivity contribution >= 4 is 45.3 Å². The molecular formula is C35H48BrN3O7. The highest BCUT2D eigenvalue weighted by Gasteiger charge is 2.77. The van der Waals surface area contributed by atoms with E-state index >= 15 is 0 Å². The van der Waals surface area contributed by atoms with Gasteiger partial charge in [0.2, 0.25) is 11.8 Å². The molecule has 3 aliphatic heterocycles. The number of fused-ring (bicyclic) bond motifs is 1. The number of halogens is 1. The van der Waals surface area contributed by atoms with Gasteiger partial charge in [0.15, 0.2) is 0 Å². The first kappa shape index (κ1) is 35.8. The van der Waals surface area contributed by atoms with E-state index in [4.69, 9.17) is 9.47 Å². The highest BCUT2D eigenvalue weighted by atomic mass is 79.9. The van der Waals surface area contributed by atoms with Gasteiger partial charge in [-0.1, -0.05) is 53.1 Å². The molecule has 0 radical (unpaired) electrons. The number of nitrogens with one attached hydrogen (secondary N) is 1. The zero-order valence-electron chi connectivity index (χ0n) is 27.2. The lowest BCUT2D eigenvalue weighted by molar-refractivity contribution is -0.159. The molecule has 2 N–H and O–H groups in total. The van der Waals surface area contributed by atoms with Gasteiger partial charge in [-0.3, -0.25) is 19.2 Å². The molecule has 2 bridgehead atoms. The van der Waals surface area contributed by atoms with Gasteiger partial charge in [-0.25, -0.2) is 0 Å². The van der Waals surface area contributed by atoms with Crippen molar-refractivity contribution in [3.05, 3.63) is 54.6 Å². The lowest BCUT2D eigenvalue weighted by Crippen LogP contribution is -2.57. The van der Waals surface area contributed by atoms with Gasteiger partial charge < -0.3 is 29.7 Å². The predicted octanol–water partition coefficient (Wildman–Crippen LogP) is 4.14. The summed E-state index contributed by atoms with van der Waals surface area (Å²) in [5, 5.41) is 12.0. The summed E-state index contributed by atoms with van der Waals surface area (Å²) in [6.07, 6.45) is 6.17. The second-order valence-corrected chi connectivity index (χ2v) is 13.9. The van der Waals surface area contributed by atoms with Gasteiger partial charge in [0.05, 0.1) is 24.5 Å². The van der Waals surface area contributed by atoms with Crippen molar-refractivity contribution in [2.75, 3.05) is 31.1 Å². The standard InChI is InChI=1S/C35H48BrN3O7/c1-6-8-13-27(41)37-21-24(5)45-34(44)28-29-32(42)39(17-11-9-10-12-18-40)31(35(29)20-25(36)30(28)46-35)33(43)38(16-7-2)26-19-22(3)14-15-23(26)4/h6-7,14-15,19,24-25,28-31,40H,1-2,8-13,16-18,20-21H2,3-5H3,(H,37,41)/t24-,25?,28+,29-,30+,31+,35-/m0/s1. The van der Waals surface area contributed by atoms with Crippen molar-refractivity contribution in [2.45, 2.75) is 94.4 Å². The van der Waals surface area contributed by atoms with Crippen molar-refractivity contribution in [3.63, 3.8) is 0 Å². The summed E-state index contributed by atoms with van der Waals surface area (Å²) in [7, 11) is 0. The zero-order valence-corrected chi connectivity index (χ0v) is 28.8. The van der Waals surface area contributed by atoms with Gasteiger partial charge >= 0.3 is 5.97 Å². The number of likely N-dealkylation sites (tertiary alicyclic amines) is 1. The fourth-order valence-corrected chi connectivity index (χ4v) is 8.10. The number of nitrogens with zero attached hydrogens (tertiary/aromatic N) is 2. The molecule has 3 fully saturated rings. The molecule has 0 aromatic heterocycles. The first-order valence-electron chi connectivity index (χ1n) is 16.3. The highest BCUT2D eigenvalue weighted by Crippen LogP contribution is 2.60. The first-order chi connectivity index (χ1) is 22.0. The lowest BCUT2D eigenvalue weighted by Gasteiger charge is -2.37. The zero-order chi connectivity index (χ0) is 33.6. The molecule has 46 heavy (non-hydrogen) atoms. The number of aliphatic hydroxyl groups excluding tert-OH is 1. The number of allylic oxidation sites excluding steroid dienone is 1. The van der Waals surface area contributed by atoms with Gasteiger partial charge in [-0.2, -0.15) is 0 Å². The van der Waals surface area contributed by atoms with E-state index in [-0.39, 0.29) is 42.2 Å². The number of hydrogen-bond acceptors (Lipinski definition) is 7. The molecule has 3 heterocycles. The fraction of sp³-hybridized carbons (Fsp3) is 0.600. The maximum Gasteiger partial charge on any atom is 0.312 e. The number of amides is 3. The minimum absolute atomic E-state index is 0.101. The molecule has 4 rings (SSSR count). The molecule has 0 saturated carbocycles. The summed E-state index contributed by atoms with van der Waals surface area (Å²) in [6.45, 7) is 13.9. The topological polar surface area (TPSA) is 125 Å². The van der Waals surface area contributed by atoms with Crippen molar-refractivity contribution < 1.29 is 33.8 Å². The van der Waals surface area contributed by atoms with E-state index in [1.165, 1.54) is 0 Å². The van der Waals surface area contributed by atoms with Crippen LogP contribution in [0.4, 0.5) is 5.69 Å². The lowest BCUT2D eigenvalue weighted by atomic mass is 9.70. The first-order valence-corrected chi connectivity index (χ1v) is 17.2. The molecule has 252 valence electrons. The van der Waals surface area contributed by atoms with Crippen LogP contribution >= 0.6 is 15.9 Å². The summed E-state index contributed by atoms with van der Waals surface area (Å²) >= 11 is 3.71. The Labute approximate surface area is 280 Å². The average molecular weight is 703 g/mol. The van der Waals surface area contributed by atoms with Gasteiger partial charge in [0, 0.05) is 36.6 Å². The minimum atomic E-state index is -1.22. The summed E-state index contributed by atoms with van der Waals surface area (Å²) in [6, 6.07) is 4.96. The Morgan fingerprint density at radius 2 is 1.96 bits per heavy atom. The highest BCUT2D eigenvalue weighted by molar-refractivity contribution is 9.09. The molecule has 0 aliphatic carbocycles. The van der Waals surface area contributed by atoms with Gasteiger partial charge in [-0.05, 0) is 63.6 Å². The third-order valence-electron chi connectivity index (χ3n) is 9.32. The molecule has 3 amide bonds. The molecular weight excluding hydrogens is 654 g/mol. The maximum absolute atomic E-state index is 14.8. The van der Waals surface area contributed by atoms with E-state index in [1.807, 2.05) is 32.0 Å². The second kappa shape index (κ2) is 15.7. The van der Waals surface area contributed by atoms with Crippen LogP contribution in [0.3, 0.4) is 0 Å². The summed E-state index contributed by atoms with van der Waals surface area (Å²) in [4.78, 5) is 58.1. The Kier molecular flexibility index (Phi) is 12.2. The van der Waals surface area contributed by atoms with Crippen LogP contribution in [0, 0.1) is 25.7 Å². The van der Waals surface area contributed by atoms with Gasteiger partial charge in [-0.15, -0.1) is 13.2 Å². The summed E-state index contributed by atoms with van der Waals surface area (Å²) in [5.41, 5.74) is 1.43. The maximum atomic E-state index is 14.8. The molecule has 1 aromatic carbocycles. The minimum Gasteiger partial charge on any atom is -0.460 e. The number of anilines is 1. The van der Waals surface area contributed by atoms with Crippen LogP contribution in [0.5, 0.6) is 0 Å². The van der Waals surface area contributed by atoms with Crippen LogP contribution < -0.4 is 10.2 Å². The van der Waals surface area contributed by atoms with E-state index in [0.29, 0.717) is 38.6 Å². The van der Waals surface area contributed by atoms with Crippen molar-refractivity contribution in [3.8, 4) is 0 Å². The average Bonchev–Trinajstić information content (AvgIpc) is 3.61. The Balaban J connectivity index is 1.65. The molecule has 1 unspecified atom stereocenters. The molecule has 1 spiro atoms. The van der Waals surface area contributed by atoms with Crippen LogP contribution in [0.15, 0.2) is 43.5 Å². The predicted molar refractivity (Wildman–Crippen MR) is 179 cm³/mol. The molecule has 3 saturated heterocycles. The van der Waals surface area contributed by atoms with Crippen LogP contribution in [-0.2, 0) is 28.7 Å². The Morgan fingerprint density at radius 1 is 1.22 bits per heavy atom. The van der Waals surface area contributed by atoms with Crippen LogP contribution in [0.25, 0.3) is 0 Å². The van der Waals surface area contributed by atoms with Gasteiger partial charge in [0.1, 0.15) is 17.7 Å². The quantitative estimate of drug-likeness (QED) is 0.108. The van der Waals surface area contributed by atoms with E-state index in [0.717, 1.165) is 29.7 Å². The normalized spacial score (nSPS) is 26.8. The third-order valence-corrected chi connectivity index (χ3v) is 10.2. The van der Waals surface area contributed by atoms with E-state index in [9.17, 15) is 24.3 Å². The van der Waals surface area contributed by atoms with Crippen LogP contribution in [0.1, 0.15) is 63.0 Å². The van der Waals surface area contributed by atoms with Crippen LogP contribution in [0.2, 0.25) is 0 Å². The van der Waals surface area contributed by atoms with Crippen molar-refractivity contribution in [1.82, 2.24) is 10.2 Å². The number of aliphatic hydroxyl groups is 1. The number of aryl methyl sites for hydroxylation is 2. The van der Waals surface area contributed by atoms with E-state index < -0.39 is 41.7 Å². The molecule has 1 aromatic rings. The number of alkyl halides is 1. The monoisotopic (exact) mass is 701 g/mol. The second-order valence-electron chi connectivity index (χ2n) is 12.7. The number of rotatable bonds is 17. The molecule has 3 aliphatic rings. The molecule has 7 atom stereocenters. The summed E-state index contributed by atoms with van der Waals surface area (Å²) < 4.78 is 12.5. The Bertz CT molecular complexity index is 1320. The largest absolute Gasteiger partial charge is 0.460 e. The smallest absolute Gasteiger partial charge is 0.312 e. The SMILES string of the molecule is C=CCCC(=O)NC[C@H](C)OC(=O)[C@H]1[C@@H]2O[C@@]3(CC2Br)[C@@H]1C(=O)N(CCCCCCO)[C@@H]3C(=O)N(CC=C)c1cc(C)ccc1C. The number of ether oxygens (including phenoxy) is 2. The number of unbranched alkanes of at least 4 members (excludes halogenated alkanes) is 3. The Morgan fingerprint density at radius 3 is 2.65 bits per heavy atom. The third kappa shape index (κ3) is 7.26. The Hall–Kier alpha value is -3.02. The van der Waals surface area contributed by atoms with E-state index in [2.05, 4.69) is 34.4 Å². The number of hydrogen-bond donors (Lipinski definition) is 2. The number of esters is 1. The number of carbonyl (C=O) groups is 4. The summed E-state index contributed by atoms with van der Waals surface area (Å²) in [5.74, 6) is -3.09. The van der Waals surface area contributed by atoms with Crippen molar-refractivity contribution in [2.24, 2.45) is 11.8 Å². The fourth-order valence-electron chi connectivity index (χ4n) is 7.16. The number of carbonyl (C=O) groups excluding carboxylic acids is 4. The number of benzene rings is 1. The molecule has 10 nitrogen and oxygen atoms in total. The van der Waals surface area contributed by atoms with Gasteiger partial charge in [0.25, 0.3) is 5.91 Å². The molecule has 11 heteroatoms.